The molecule has 1 heterocycles. The lowest BCUT2D eigenvalue weighted by atomic mass is 10.1. The number of carbonyl (C=O) groups is 2. The maximum absolute atomic E-state index is 13.4. The van der Waals surface area contributed by atoms with Gasteiger partial charge in [-0.25, -0.2) is 8.78 Å². The topological polar surface area (TPSA) is 40.6 Å². The van der Waals surface area contributed by atoms with Gasteiger partial charge in [0.2, 0.25) is 0 Å². The molecule has 0 radical (unpaired) electrons. The van der Waals surface area contributed by atoms with Crippen molar-refractivity contribution < 1.29 is 18.4 Å². The van der Waals surface area contributed by atoms with Gasteiger partial charge < -0.3 is 9.80 Å². The Hall–Kier alpha value is -2.76. The summed E-state index contributed by atoms with van der Waals surface area (Å²) in [4.78, 5) is 28.6. The standard InChI is InChI=1S/C21H22F2N2O2/c1-24(20(26)15-5-2-7-17(22)13-15)19-9-4-11-25(12-10-19)21(27)16-6-3-8-18(23)14-16/h2-3,5-8,13-14,19H,4,9-12H2,1H3/t19-/m1/s1. The number of hydrogen-bond acceptors (Lipinski definition) is 2. The summed E-state index contributed by atoms with van der Waals surface area (Å²) in [6.45, 7) is 1.05. The minimum atomic E-state index is -0.443. The van der Waals surface area contributed by atoms with E-state index < -0.39 is 11.6 Å². The Morgan fingerprint density at radius 1 is 0.963 bits per heavy atom. The van der Waals surface area contributed by atoms with Crippen LogP contribution < -0.4 is 0 Å². The second-order valence-electron chi connectivity index (χ2n) is 6.81. The van der Waals surface area contributed by atoms with Crippen LogP contribution in [0.3, 0.4) is 0 Å². The van der Waals surface area contributed by atoms with Gasteiger partial charge in [-0.2, -0.15) is 0 Å². The van der Waals surface area contributed by atoms with Crippen molar-refractivity contribution in [3.05, 3.63) is 71.3 Å². The van der Waals surface area contributed by atoms with E-state index in [1.54, 1.807) is 29.0 Å². The number of halogens is 2. The smallest absolute Gasteiger partial charge is 0.253 e. The van der Waals surface area contributed by atoms with Crippen LogP contribution in [0.1, 0.15) is 40.0 Å². The summed E-state index contributed by atoms with van der Waals surface area (Å²) in [5.74, 6) is -1.31. The van der Waals surface area contributed by atoms with E-state index >= 15 is 0 Å². The van der Waals surface area contributed by atoms with Crippen LogP contribution in [0, 0.1) is 11.6 Å². The van der Waals surface area contributed by atoms with Crippen molar-refractivity contribution in [1.29, 1.82) is 0 Å². The third-order valence-corrected chi connectivity index (χ3v) is 5.00. The number of rotatable bonds is 3. The molecule has 6 heteroatoms. The third kappa shape index (κ3) is 4.51. The number of amides is 2. The van der Waals surface area contributed by atoms with E-state index in [0.717, 1.165) is 12.8 Å². The van der Waals surface area contributed by atoms with Gasteiger partial charge in [-0.1, -0.05) is 12.1 Å². The number of nitrogens with zero attached hydrogens (tertiary/aromatic N) is 2. The molecule has 0 N–H and O–H groups in total. The zero-order valence-electron chi connectivity index (χ0n) is 15.2. The summed E-state index contributed by atoms with van der Waals surface area (Å²) in [5, 5.41) is 0. The highest BCUT2D eigenvalue weighted by Crippen LogP contribution is 2.20. The van der Waals surface area contributed by atoms with Crippen molar-refractivity contribution in [2.45, 2.75) is 25.3 Å². The van der Waals surface area contributed by atoms with Crippen molar-refractivity contribution >= 4 is 11.8 Å². The molecule has 4 nitrogen and oxygen atoms in total. The summed E-state index contributed by atoms with van der Waals surface area (Å²) in [6, 6.07) is 11.3. The average molecular weight is 372 g/mol. The molecule has 2 amide bonds. The summed E-state index contributed by atoms with van der Waals surface area (Å²) in [6.07, 6.45) is 2.12. The summed E-state index contributed by atoms with van der Waals surface area (Å²) in [7, 11) is 1.71. The first kappa shape index (κ1) is 19.0. The van der Waals surface area contributed by atoms with Gasteiger partial charge in [0.25, 0.3) is 11.8 Å². The summed E-state index contributed by atoms with van der Waals surface area (Å²) in [5.41, 5.74) is 0.645. The molecule has 0 unspecified atom stereocenters. The molecule has 3 rings (SSSR count). The Bertz CT molecular complexity index is 840. The van der Waals surface area contributed by atoms with Crippen LogP contribution in [0.2, 0.25) is 0 Å². The highest BCUT2D eigenvalue weighted by molar-refractivity contribution is 5.95. The molecule has 1 fully saturated rings. The first-order chi connectivity index (χ1) is 13.0. The van der Waals surface area contributed by atoms with Crippen LogP contribution in [0.25, 0.3) is 0 Å². The number of likely N-dealkylation sites (tertiary alicyclic amines) is 1. The predicted molar refractivity (Wildman–Crippen MR) is 98.4 cm³/mol. The highest BCUT2D eigenvalue weighted by Gasteiger charge is 2.26. The lowest BCUT2D eigenvalue weighted by molar-refractivity contribution is 0.0709. The van der Waals surface area contributed by atoms with Crippen molar-refractivity contribution in [3.63, 3.8) is 0 Å². The first-order valence-corrected chi connectivity index (χ1v) is 9.03. The Morgan fingerprint density at radius 3 is 2.26 bits per heavy atom. The molecule has 0 bridgehead atoms. The van der Waals surface area contributed by atoms with Crippen molar-refractivity contribution in [2.24, 2.45) is 0 Å². The van der Waals surface area contributed by atoms with Gasteiger partial charge in [0.15, 0.2) is 0 Å². The fourth-order valence-electron chi connectivity index (χ4n) is 3.46. The van der Waals surface area contributed by atoms with Crippen LogP contribution in [-0.2, 0) is 0 Å². The lowest BCUT2D eigenvalue weighted by Gasteiger charge is -2.27. The molecular weight excluding hydrogens is 350 g/mol. The molecular formula is C21H22F2N2O2. The van der Waals surface area contributed by atoms with Gasteiger partial charge in [0.05, 0.1) is 0 Å². The quantitative estimate of drug-likeness (QED) is 0.824. The van der Waals surface area contributed by atoms with Gasteiger partial charge >= 0.3 is 0 Å². The van der Waals surface area contributed by atoms with Gasteiger partial charge in [0, 0.05) is 37.3 Å². The molecule has 2 aromatic carbocycles. The minimum Gasteiger partial charge on any atom is -0.339 e. The largest absolute Gasteiger partial charge is 0.339 e. The summed E-state index contributed by atoms with van der Waals surface area (Å²) >= 11 is 0. The van der Waals surface area contributed by atoms with E-state index in [9.17, 15) is 18.4 Å². The van der Waals surface area contributed by atoms with Crippen LogP contribution in [0.5, 0.6) is 0 Å². The molecule has 0 aliphatic carbocycles. The molecule has 1 aliphatic heterocycles. The van der Waals surface area contributed by atoms with Crippen molar-refractivity contribution in [1.82, 2.24) is 9.80 Å². The number of hydrogen-bond donors (Lipinski definition) is 0. The highest BCUT2D eigenvalue weighted by atomic mass is 19.1. The van der Waals surface area contributed by atoms with E-state index in [0.29, 0.717) is 30.6 Å². The second kappa shape index (κ2) is 8.29. The molecule has 0 aromatic heterocycles. The molecule has 142 valence electrons. The van der Waals surface area contributed by atoms with Gasteiger partial charge in [-0.05, 0) is 55.7 Å². The SMILES string of the molecule is CN(C(=O)c1cccc(F)c1)[C@@H]1CCCN(C(=O)c2cccc(F)c2)CC1. The fraction of sp³-hybridized carbons (Fsp3) is 0.333. The van der Waals surface area contributed by atoms with E-state index in [1.807, 2.05) is 0 Å². The van der Waals surface area contributed by atoms with Crippen LogP contribution >= 0.6 is 0 Å². The fourth-order valence-corrected chi connectivity index (χ4v) is 3.46. The monoisotopic (exact) mass is 372 g/mol. The molecule has 0 saturated carbocycles. The zero-order valence-corrected chi connectivity index (χ0v) is 15.2. The predicted octanol–water partition coefficient (Wildman–Crippen LogP) is 3.73. The lowest BCUT2D eigenvalue weighted by Crippen LogP contribution is -2.38. The van der Waals surface area contributed by atoms with Crippen LogP contribution in [0.4, 0.5) is 8.78 Å². The molecule has 0 spiro atoms. The molecule has 2 aromatic rings. The van der Waals surface area contributed by atoms with Crippen molar-refractivity contribution in [2.75, 3.05) is 20.1 Å². The average Bonchev–Trinajstić information content (AvgIpc) is 2.92. The maximum Gasteiger partial charge on any atom is 0.253 e. The Kier molecular flexibility index (Phi) is 5.84. The van der Waals surface area contributed by atoms with E-state index in [2.05, 4.69) is 0 Å². The van der Waals surface area contributed by atoms with Gasteiger partial charge in [-0.3, -0.25) is 9.59 Å². The first-order valence-electron chi connectivity index (χ1n) is 9.03. The maximum atomic E-state index is 13.4. The Balaban J connectivity index is 1.65. The van der Waals surface area contributed by atoms with Crippen molar-refractivity contribution in [3.8, 4) is 0 Å². The Labute approximate surface area is 157 Å². The van der Waals surface area contributed by atoms with E-state index in [-0.39, 0.29) is 17.9 Å². The second-order valence-corrected chi connectivity index (χ2v) is 6.81. The van der Waals surface area contributed by atoms with Crippen LogP contribution in [-0.4, -0.2) is 47.8 Å². The van der Waals surface area contributed by atoms with Gasteiger partial charge in [0.1, 0.15) is 11.6 Å². The molecule has 1 saturated heterocycles. The molecule has 1 atom stereocenters. The minimum absolute atomic E-state index is 0.0360. The molecule has 27 heavy (non-hydrogen) atoms. The van der Waals surface area contributed by atoms with E-state index in [1.165, 1.54) is 36.4 Å². The number of carbonyl (C=O) groups excluding carboxylic acids is 2. The normalized spacial score (nSPS) is 17.3. The van der Waals surface area contributed by atoms with Gasteiger partial charge in [-0.15, -0.1) is 0 Å². The molecule has 1 aliphatic rings. The third-order valence-electron chi connectivity index (χ3n) is 5.00. The zero-order chi connectivity index (χ0) is 19.4. The van der Waals surface area contributed by atoms with E-state index in [4.69, 9.17) is 0 Å². The number of benzene rings is 2. The Morgan fingerprint density at radius 2 is 1.59 bits per heavy atom. The summed E-state index contributed by atoms with van der Waals surface area (Å²) < 4.78 is 26.8. The van der Waals surface area contributed by atoms with Crippen LogP contribution in [0.15, 0.2) is 48.5 Å².